The van der Waals surface area contributed by atoms with Gasteiger partial charge in [0, 0.05) is 6.20 Å². The second-order valence-corrected chi connectivity index (χ2v) is 3.16. The van der Waals surface area contributed by atoms with Gasteiger partial charge in [0.05, 0.1) is 12.0 Å². The van der Waals surface area contributed by atoms with Gasteiger partial charge >= 0.3 is 0 Å². The zero-order valence-corrected chi connectivity index (χ0v) is 5.53. The Morgan fingerprint density at radius 2 is 2.75 bits per heavy atom. The van der Waals surface area contributed by atoms with Gasteiger partial charge in [-0.1, -0.05) is 0 Å². The Labute approximate surface area is 53.0 Å². The molecular weight excluding hydrogens is 122 g/mol. The molecule has 0 saturated heterocycles. The summed E-state index contributed by atoms with van der Waals surface area (Å²) in [6, 6.07) is 0. The van der Waals surface area contributed by atoms with E-state index in [4.69, 9.17) is 5.11 Å². The maximum Gasteiger partial charge on any atom is 0.0995 e. The minimum atomic E-state index is 0.204. The predicted molar refractivity (Wildman–Crippen MR) is 35.4 cm³/mol. The molecule has 0 spiro atoms. The lowest BCUT2D eigenvalue weighted by Gasteiger charge is -2.03. The lowest BCUT2D eigenvalue weighted by molar-refractivity contribution is 0.288. The molecule has 1 aliphatic rings. The Hall–Kier alpha value is -0.150. The number of thioether (sulfide) groups is 1. The summed E-state index contributed by atoms with van der Waals surface area (Å²) in [4.78, 5) is 1.24. The van der Waals surface area contributed by atoms with E-state index < -0.39 is 0 Å². The molecule has 0 aromatic carbocycles. The fourth-order valence-electron chi connectivity index (χ4n) is 0.593. The summed E-state index contributed by atoms with van der Waals surface area (Å²) in [7, 11) is 0. The standard InChI is InChI=1S/C5H9NOS/c1-4-2-6-5(3-7)8-4/h2,5-7H,3H2,1H3. The molecule has 0 fully saturated rings. The van der Waals surface area contributed by atoms with Crippen LogP contribution >= 0.6 is 11.8 Å². The van der Waals surface area contributed by atoms with E-state index in [2.05, 4.69) is 5.32 Å². The summed E-state index contributed by atoms with van der Waals surface area (Å²) in [5.74, 6) is 0. The van der Waals surface area contributed by atoms with Crippen molar-refractivity contribution in [3.63, 3.8) is 0 Å². The number of nitrogens with one attached hydrogen (secondary N) is 1. The summed E-state index contributed by atoms with van der Waals surface area (Å²) in [5, 5.41) is 11.8. The summed E-state index contributed by atoms with van der Waals surface area (Å²) >= 11 is 1.67. The van der Waals surface area contributed by atoms with Crippen LogP contribution in [-0.4, -0.2) is 17.1 Å². The molecule has 1 atom stereocenters. The van der Waals surface area contributed by atoms with E-state index in [0.717, 1.165) is 0 Å². The van der Waals surface area contributed by atoms with Crippen LogP contribution in [0.3, 0.4) is 0 Å². The quantitative estimate of drug-likeness (QED) is 0.543. The predicted octanol–water partition coefficient (Wildman–Crippen LogP) is 0.502. The Bertz CT molecular complexity index is 113. The second kappa shape index (κ2) is 2.42. The van der Waals surface area contributed by atoms with Crippen LogP contribution in [0.2, 0.25) is 0 Å². The van der Waals surface area contributed by atoms with E-state index in [1.54, 1.807) is 11.8 Å². The van der Waals surface area contributed by atoms with Gasteiger partial charge in [0.25, 0.3) is 0 Å². The molecule has 0 saturated carbocycles. The van der Waals surface area contributed by atoms with Gasteiger partial charge in [-0.05, 0) is 11.8 Å². The first-order valence-electron chi connectivity index (χ1n) is 2.53. The third-order valence-electron chi connectivity index (χ3n) is 0.966. The van der Waals surface area contributed by atoms with Crippen LogP contribution in [-0.2, 0) is 0 Å². The van der Waals surface area contributed by atoms with Gasteiger partial charge < -0.3 is 10.4 Å². The van der Waals surface area contributed by atoms with Crippen molar-refractivity contribution in [3.05, 3.63) is 11.1 Å². The second-order valence-electron chi connectivity index (χ2n) is 1.71. The highest BCUT2D eigenvalue weighted by Crippen LogP contribution is 2.23. The van der Waals surface area contributed by atoms with Crippen LogP contribution in [0.1, 0.15) is 6.92 Å². The number of aliphatic hydroxyl groups is 1. The highest BCUT2D eigenvalue weighted by molar-refractivity contribution is 8.03. The molecule has 0 amide bonds. The molecule has 1 rings (SSSR count). The fourth-order valence-corrected chi connectivity index (χ4v) is 1.39. The van der Waals surface area contributed by atoms with Crippen molar-refractivity contribution in [1.29, 1.82) is 0 Å². The molecule has 3 heteroatoms. The summed E-state index contributed by atoms with van der Waals surface area (Å²) < 4.78 is 0. The van der Waals surface area contributed by atoms with Crippen LogP contribution in [0.15, 0.2) is 11.1 Å². The highest BCUT2D eigenvalue weighted by atomic mass is 32.2. The molecule has 1 unspecified atom stereocenters. The molecule has 2 nitrogen and oxygen atoms in total. The van der Waals surface area contributed by atoms with Gasteiger partial charge in [-0.2, -0.15) is 0 Å². The first-order chi connectivity index (χ1) is 3.83. The minimum Gasteiger partial charge on any atom is -0.393 e. The van der Waals surface area contributed by atoms with E-state index in [-0.39, 0.29) is 12.0 Å². The highest BCUT2D eigenvalue weighted by Gasteiger charge is 2.11. The molecular formula is C5H9NOS. The van der Waals surface area contributed by atoms with Gasteiger partial charge in [0.2, 0.25) is 0 Å². The normalized spacial score (nSPS) is 27.2. The van der Waals surface area contributed by atoms with Gasteiger partial charge in [-0.3, -0.25) is 0 Å². The van der Waals surface area contributed by atoms with Gasteiger partial charge in [0.1, 0.15) is 0 Å². The third-order valence-corrected chi connectivity index (χ3v) is 2.03. The maximum atomic E-state index is 8.57. The molecule has 0 aromatic heterocycles. The third kappa shape index (κ3) is 1.17. The SMILES string of the molecule is CC1=CNC(CO)S1. The van der Waals surface area contributed by atoms with Crippen LogP contribution in [0.5, 0.6) is 0 Å². The van der Waals surface area contributed by atoms with Crippen molar-refractivity contribution in [1.82, 2.24) is 5.32 Å². The molecule has 0 aromatic rings. The molecule has 1 heterocycles. The van der Waals surface area contributed by atoms with Crippen molar-refractivity contribution in [2.75, 3.05) is 6.61 Å². The number of aliphatic hydroxyl groups excluding tert-OH is 1. The lowest BCUT2D eigenvalue weighted by Crippen LogP contribution is -2.19. The molecule has 0 radical (unpaired) electrons. The zero-order valence-electron chi connectivity index (χ0n) is 4.72. The molecule has 1 aliphatic heterocycles. The summed E-state index contributed by atoms with van der Waals surface area (Å²) in [6.45, 7) is 2.23. The van der Waals surface area contributed by atoms with E-state index in [0.29, 0.717) is 0 Å². The number of hydrogen-bond acceptors (Lipinski definition) is 3. The van der Waals surface area contributed by atoms with E-state index >= 15 is 0 Å². The Morgan fingerprint density at radius 1 is 2.00 bits per heavy atom. The van der Waals surface area contributed by atoms with E-state index in [1.807, 2.05) is 13.1 Å². The first kappa shape index (κ1) is 5.98. The molecule has 8 heavy (non-hydrogen) atoms. The average Bonchev–Trinajstić information content (AvgIpc) is 2.14. The largest absolute Gasteiger partial charge is 0.393 e. The zero-order chi connectivity index (χ0) is 5.98. The van der Waals surface area contributed by atoms with Crippen molar-refractivity contribution in [3.8, 4) is 0 Å². The van der Waals surface area contributed by atoms with Crippen LogP contribution < -0.4 is 5.32 Å². The van der Waals surface area contributed by atoms with Crippen molar-refractivity contribution >= 4 is 11.8 Å². The first-order valence-corrected chi connectivity index (χ1v) is 3.41. The molecule has 46 valence electrons. The maximum absolute atomic E-state index is 8.57. The number of rotatable bonds is 1. The van der Waals surface area contributed by atoms with E-state index in [9.17, 15) is 0 Å². The summed E-state index contributed by atoms with van der Waals surface area (Å²) in [6.07, 6.45) is 1.92. The minimum absolute atomic E-state index is 0.204. The monoisotopic (exact) mass is 131 g/mol. The van der Waals surface area contributed by atoms with Gasteiger partial charge in [-0.15, -0.1) is 11.8 Å². The van der Waals surface area contributed by atoms with Crippen LogP contribution in [0, 0.1) is 0 Å². The number of allylic oxidation sites excluding steroid dienone is 1. The topological polar surface area (TPSA) is 32.3 Å². The fraction of sp³-hybridized carbons (Fsp3) is 0.600. The summed E-state index contributed by atoms with van der Waals surface area (Å²) in [5.41, 5.74) is 0. The number of hydrogen-bond donors (Lipinski definition) is 2. The van der Waals surface area contributed by atoms with Crippen molar-refractivity contribution < 1.29 is 5.11 Å². The Balaban J connectivity index is 2.32. The smallest absolute Gasteiger partial charge is 0.0995 e. The van der Waals surface area contributed by atoms with Crippen molar-refractivity contribution in [2.45, 2.75) is 12.3 Å². The molecule has 0 bridgehead atoms. The lowest BCUT2D eigenvalue weighted by atomic mass is 10.6. The molecule has 2 N–H and O–H groups in total. The Morgan fingerprint density at radius 3 is 3.00 bits per heavy atom. The van der Waals surface area contributed by atoms with E-state index in [1.165, 1.54) is 4.91 Å². The van der Waals surface area contributed by atoms with Crippen molar-refractivity contribution in [2.24, 2.45) is 0 Å². The van der Waals surface area contributed by atoms with Crippen LogP contribution in [0.25, 0.3) is 0 Å². The van der Waals surface area contributed by atoms with Gasteiger partial charge in [0.15, 0.2) is 0 Å². The molecule has 0 aliphatic carbocycles. The average molecular weight is 131 g/mol. The van der Waals surface area contributed by atoms with Gasteiger partial charge in [-0.25, -0.2) is 0 Å². The van der Waals surface area contributed by atoms with Crippen LogP contribution in [0.4, 0.5) is 0 Å². The Kier molecular flexibility index (Phi) is 1.81.